The molecule has 0 aliphatic carbocycles. The summed E-state index contributed by atoms with van der Waals surface area (Å²) in [6, 6.07) is -1.01. The van der Waals surface area contributed by atoms with E-state index in [2.05, 4.69) is 17.5 Å². The van der Waals surface area contributed by atoms with Crippen molar-refractivity contribution in [2.24, 2.45) is 5.73 Å². The smallest absolute Gasteiger partial charge is 0.264 e. The summed E-state index contributed by atoms with van der Waals surface area (Å²) in [6.45, 7) is 2.13. The molecule has 10 heavy (non-hydrogen) atoms. The van der Waals surface area contributed by atoms with Crippen molar-refractivity contribution in [1.82, 2.24) is 5.32 Å². The van der Waals surface area contributed by atoms with Crippen molar-refractivity contribution in [2.75, 3.05) is 0 Å². The minimum absolute atomic E-state index is 0.103. The molecule has 0 aliphatic rings. The molecule has 0 heterocycles. The van der Waals surface area contributed by atoms with Crippen molar-refractivity contribution in [3.8, 4) is 0 Å². The first kappa shape index (κ1) is 9.55. The van der Waals surface area contributed by atoms with Gasteiger partial charge in [0.05, 0.1) is 6.04 Å². The van der Waals surface area contributed by atoms with Crippen LogP contribution in [0.3, 0.4) is 0 Å². The maximum atomic E-state index is 12.3. The normalized spacial score (nSPS) is 14.4. The monoisotopic (exact) mass is 168 g/mol. The van der Waals surface area contributed by atoms with Gasteiger partial charge in [0.15, 0.2) is 5.11 Å². The van der Waals surface area contributed by atoms with Crippen LogP contribution < -0.4 is 11.1 Å². The Morgan fingerprint density at radius 1 is 1.70 bits per heavy atom. The molecule has 3 N–H and O–H groups in total. The Hall–Kier alpha value is -0.450. The highest BCUT2D eigenvalue weighted by atomic mass is 32.1. The molecule has 5 heteroatoms. The number of hydrogen-bond donors (Lipinski definition) is 2. The molecule has 0 radical (unpaired) electrons. The molecule has 0 saturated carbocycles. The van der Waals surface area contributed by atoms with Gasteiger partial charge in [-0.05, 0) is 19.1 Å². The first-order valence-corrected chi connectivity index (χ1v) is 3.18. The van der Waals surface area contributed by atoms with Crippen LogP contribution in [-0.2, 0) is 0 Å². The molecule has 60 valence electrons. The van der Waals surface area contributed by atoms with Crippen LogP contribution in [0.1, 0.15) is 13.8 Å². The lowest BCUT2D eigenvalue weighted by Crippen LogP contribution is -2.45. The highest BCUT2D eigenvalue weighted by Gasteiger charge is 2.29. The van der Waals surface area contributed by atoms with Gasteiger partial charge in [-0.3, -0.25) is 0 Å². The third-order valence-electron chi connectivity index (χ3n) is 1.12. The van der Waals surface area contributed by atoms with E-state index in [1.807, 2.05) is 0 Å². The van der Waals surface area contributed by atoms with E-state index in [0.29, 0.717) is 0 Å². The summed E-state index contributed by atoms with van der Waals surface area (Å²) in [5, 5.41) is 2.14. The average molecular weight is 168 g/mol. The van der Waals surface area contributed by atoms with Crippen molar-refractivity contribution in [1.29, 1.82) is 0 Å². The lowest BCUT2D eigenvalue weighted by Gasteiger charge is -2.20. The van der Waals surface area contributed by atoms with E-state index in [4.69, 9.17) is 5.73 Å². The molecule has 0 aromatic rings. The maximum Gasteiger partial charge on any atom is 0.264 e. The van der Waals surface area contributed by atoms with Crippen molar-refractivity contribution < 1.29 is 8.78 Å². The van der Waals surface area contributed by atoms with Crippen molar-refractivity contribution in [3.05, 3.63) is 0 Å². The molecule has 0 aromatic carbocycles. The van der Waals surface area contributed by atoms with Crippen LogP contribution in [0.4, 0.5) is 8.78 Å². The van der Waals surface area contributed by atoms with Gasteiger partial charge in [-0.1, -0.05) is 0 Å². The topological polar surface area (TPSA) is 38.0 Å². The lowest BCUT2D eigenvalue weighted by atomic mass is 10.2. The van der Waals surface area contributed by atoms with Crippen molar-refractivity contribution in [3.63, 3.8) is 0 Å². The number of nitrogens with two attached hydrogens (primary N) is 1. The minimum atomic E-state index is -2.79. The standard InChI is InChI=1S/C5H10F2N2S/c1-3(5(2,6)7)9-4(8)10/h3H,1-2H3,(H3,8,9,10). The zero-order valence-electron chi connectivity index (χ0n) is 5.82. The van der Waals surface area contributed by atoms with Crippen LogP contribution >= 0.6 is 12.2 Å². The van der Waals surface area contributed by atoms with E-state index in [-0.39, 0.29) is 5.11 Å². The molecule has 1 unspecified atom stereocenters. The summed E-state index contributed by atoms with van der Waals surface area (Å²) >= 11 is 4.37. The summed E-state index contributed by atoms with van der Waals surface area (Å²) in [4.78, 5) is 0. The van der Waals surface area contributed by atoms with Crippen LogP contribution in [-0.4, -0.2) is 17.1 Å². The Balaban J connectivity index is 3.85. The number of halogens is 2. The van der Waals surface area contributed by atoms with Crippen molar-refractivity contribution >= 4 is 17.3 Å². The average Bonchev–Trinajstić information content (AvgIpc) is 1.60. The van der Waals surface area contributed by atoms with E-state index in [9.17, 15) is 8.78 Å². The Kier molecular flexibility index (Phi) is 2.96. The first-order valence-electron chi connectivity index (χ1n) is 2.78. The molecule has 0 saturated heterocycles. The number of nitrogens with one attached hydrogen (secondary N) is 1. The Morgan fingerprint density at radius 2 is 2.10 bits per heavy atom. The number of hydrogen-bond acceptors (Lipinski definition) is 1. The van der Waals surface area contributed by atoms with Gasteiger partial charge in [-0.25, -0.2) is 8.78 Å². The lowest BCUT2D eigenvalue weighted by molar-refractivity contribution is -0.00588. The summed E-state index contributed by atoms with van der Waals surface area (Å²) in [7, 11) is 0. The fourth-order valence-corrected chi connectivity index (χ4v) is 0.517. The van der Waals surface area contributed by atoms with Gasteiger partial charge in [0.2, 0.25) is 0 Å². The van der Waals surface area contributed by atoms with E-state index >= 15 is 0 Å². The Bertz CT molecular complexity index is 132. The zero-order valence-corrected chi connectivity index (χ0v) is 6.64. The quantitative estimate of drug-likeness (QED) is 0.601. The summed E-state index contributed by atoms with van der Waals surface area (Å²) in [5.74, 6) is -2.79. The molecular formula is C5H10F2N2S. The third kappa shape index (κ3) is 3.55. The second kappa shape index (κ2) is 3.09. The first-order chi connectivity index (χ1) is 4.34. The van der Waals surface area contributed by atoms with E-state index < -0.39 is 12.0 Å². The second-order valence-electron chi connectivity index (χ2n) is 2.19. The van der Waals surface area contributed by atoms with Gasteiger partial charge in [0.1, 0.15) is 0 Å². The molecule has 0 amide bonds. The molecule has 0 spiro atoms. The van der Waals surface area contributed by atoms with Gasteiger partial charge in [-0.2, -0.15) is 0 Å². The van der Waals surface area contributed by atoms with Crippen molar-refractivity contribution in [2.45, 2.75) is 25.8 Å². The van der Waals surface area contributed by atoms with Gasteiger partial charge < -0.3 is 11.1 Å². The fourth-order valence-electron chi connectivity index (χ4n) is 0.340. The summed E-state index contributed by atoms with van der Waals surface area (Å²) < 4.78 is 24.6. The third-order valence-corrected chi connectivity index (χ3v) is 1.24. The minimum Gasteiger partial charge on any atom is -0.376 e. The zero-order chi connectivity index (χ0) is 8.36. The van der Waals surface area contributed by atoms with E-state index in [1.54, 1.807) is 0 Å². The molecule has 0 fully saturated rings. The highest BCUT2D eigenvalue weighted by molar-refractivity contribution is 7.80. The molecule has 0 aliphatic heterocycles. The van der Waals surface area contributed by atoms with E-state index in [0.717, 1.165) is 6.92 Å². The SMILES string of the molecule is CC(NC(N)=S)C(C)(F)F. The second-order valence-corrected chi connectivity index (χ2v) is 2.63. The fraction of sp³-hybridized carbons (Fsp3) is 0.800. The Labute approximate surface area is 63.8 Å². The van der Waals surface area contributed by atoms with Gasteiger partial charge >= 0.3 is 0 Å². The Morgan fingerprint density at radius 3 is 2.20 bits per heavy atom. The largest absolute Gasteiger partial charge is 0.376 e. The van der Waals surface area contributed by atoms with Gasteiger partial charge in [-0.15, -0.1) is 0 Å². The predicted octanol–water partition coefficient (Wildman–Crippen LogP) is 0.863. The van der Waals surface area contributed by atoms with Crippen LogP contribution in [0.15, 0.2) is 0 Å². The van der Waals surface area contributed by atoms with Crippen LogP contribution in [0.2, 0.25) is 0 Å². The number of rotatable bonds is 2. The molecule has 1 atom stereocenters. The summed E-state index contributed by atoms with van der Waals surface area (Å²) in [5.41, 5.74) is 4.98. The number of thiocarbonyl (C=S) groups is 1. The molecule has 0 rings (SSSR count). The molecular weight excluding hydrogens is 158 g/mol. The number of alkyl halides is 2. The molecule has 0 aromatic heterocycles. The molecule has 0 bridgehead atoms. The highest BCUT2D eigenvalue weighted by Crippen LogP contribution is 2.16. The van der Waals surface area contributed by atoms with Gasteiger partial charge in [0.25, 0.3) is 5.92 Å². The predicted molar refractivity (Wildman–Crippen MR) is 40.0 cm³/mol. The summed E-state index contributed by atoms with van der Waals surface area (Å²) in [6.07, 6.45) is 0. The van der Waals surface area contributed by atoms with Crippen LogP contribution in [0.5, 0.6) is 0 Å². The van der Waals surface area contributed by atoms with E-state index in [1.165, 1.54) is 6.92 Å². The van der Waals surface area contributed by atoms with Crippen LogP contribution in [0, 0.1) is 0 Å². The van der Waals surface area contributed by atoms with Crippen LogP contribution in [0.25, 0.3) is 0 Å². The molecule has 2 nitrogen and oxygen atoms in total. The van der Waals surface area contributed by atoms with Gasteiger partial charge in [0, 0.05) is 6.92 Å². The maximum absolute atomic E-state index is 12.3.